The van der Waals surface area contributed by atoms with Gasteiger partial charge in [-0.15, -0.1) is 0 Å². The average molecular weight is 204 g/mol. The van der Waals surface area contributed by atoms with Crippen LogP contribution in [0, 0.1) is 13.8 Å². The monoisotopic (exact) mass is 204 g/mol. The molecule has 0 saturated carbocycles. The second-order valence-corrected chi connectivity index (χ2v) is 3.66. The van der Waals surface area contributed by atoms with Crippen molar-refractivity contribution in [3.8, 4) is 0 Å². The van der Waals surface area contributed by atoms with Gasteiger partial charge in [-0.1, -0.05) is 0 Å². The fourth-order valence-corrected chi connectivity index (χ4v) is 1.73. The third-order valence-electron chi connectivity index (χ3n) is 2.34. The first-order valence-corrected chi connectivity index (χ1v) is 4.68. The molecule has 0 atom stereocenters. The van der Waals surface area contributed by atoms with Crippen LogP contribution in [-0.2, 0) is 0 Å². The number of ketones is 1. The molecule has 0 amide bonds. The van der Waals surface area contributed by atoms with Gasteiger partial charge in [0.25, 0.3) is 0 Å². The molecule has 15 heavy (non-hydrogen) atoms. The summed E-state index contributed by atoms with van der Waals surface area (Å²) >= 11 is 0. The third kappa shape index (κ3) is 1.38. The predicted octanol–water partition coefficient (Wildman–Crippen LogP) is 2.23. The molecule has 0 aliphatic carbocycles. The third-order valence-corrected chi connectivity index (χ3v) is 2.34. The van der Waals surface area contributed by atoms with Crippen molar-refractivity contribution in [3.05, 3.63) is 23.1 Å². The lowest BCUT2D eigenvalue weighted by Crippen LogP contribution is -1.95. The van der Waals surface area contributed by atoms with Gasteiger partial charge in [0.2, 0.25) is 5.71 Å². The van der Waals surface area contributed by atoms with Crippen LogP contribution in [-0.4, -0.2) is 10.8 Å². The van der Waals surface area contributed by atoms with E-state index in [0.29, 0.717) is 11.4 Å². The van der Waals surface area contributed by atoms with Crippen molar-refractivity contribution >= 4 is 22.6 Å². The minimum Gasteiger partial charge on any atom is -0.432 e. The average Bonchev–Trinajstić information content (AvgIpc) is 2.42. The van der Waals surface area contributed by atoms with Gasteiger partial charge in [0.1, 0.15) is 0 Å². The lowest BCUT2D eigenvalue weighted by molar-refractivity contribution is 0.0990. The molecule has 4 nitrogen and oxygen atoms in total. The fourth-order valence-electron chi connectivity index (χ4n) is 1.73. The highest BCUT2D eigenvalue weighted by atomic mass is 16.4. The smallest absolute Gasteiger partial charge is 0.229 e. The first-order valence-electron chi connectivity index (χ1n) is 4.68. The quantitative estimate of drug-likeness (QED) is 0.723. The van der Waals surface area contributed by atoms with Crippen molar-refractivity contribution in [1.29, 1.82) is 0 Å². The van der Waals surface area contributed by atoms with E-state index in [1.165, 1.54) is 6.92 Å². The molecule has 0 saturated heterocycles. The zero-order valence-electron chi connectivity index (χ0n) is 8.92. The van der Waals surface area contributed by atoms with Crippen LogP contribution in [0.1, 0.15) is 28.7 Å². The number of carbonyl (C=O) groups excluding carboxylic acids is 1. The maximum absolute atomic E-state index is 11.2. The van der Waals surface area contributed by atoms with Gasteiger partial charge in [-0.25, -0.2) is 4.98 Å². The molecule has 0 aliphatic heterocycles. The second kappa shape index (κ2) is 3.08. The summed E-state index contributed by atoms with van der Waals surface area (Å²) in [4.78, 5) is 15.4. The number of nitrogens with zero attached hydrogens (tertiary/aromatic N) is 1. The first-order chi connectivity index (χ1) is 7.00. The zero-order valence-corrected chi connectivity index (χ0v) is 8.92. The molecule has 0 unspecified atom stereocenters. The maximum atomic E-state index is 11.2. The fraction of sp³-hybridized carbons (Fsp3) is 0.273. The summed E-state index contributed by atoms with van der Waals surface area (Å²) in [5, 5.41) is 0.741. The number of nitrogen functional groups attached to an aromatic ring is 1. The Morgan fingerprint density at radius 1 is 1.47 bits per heavy atom. The van der Waals surface area contributed by atoms with Crippen LogP contribution in [0.4, 0.5) is 5.69 Å². The minimum absolute atomic E-state index is 0.178. The Morgan fingerprint density at radius 3 is 2.73 bits per heavy atom. The Kier molecular flexibility index (Phi) is 2.00. The van der Waals surface area contributed by atoms with Gasteiger partial charge in [-0.3, -0.25) is 4.79 Å². The summed E-state index contributed by atoms with van der Waals surface area (Å²) in [6.45, 7) is 5.22. The Bertz CT molecular complexity index is 555. The molecule has 0 aromatic carbocycles. The standard InChI is InChI=1S/C11H12N2O2/c1-5-4-6(2)13-11-8(5)9(12)10(15-11)7(3)14/h4H,12H2,1-3H3. The lowest BCUT2D eigenvalue weighted by atomic mass is 10.1. The number of furan rings is 1. The SMILES string of the molecule is CC(=O)c1oc2nc(C)cc(C)c2c1N. The van der Waals surface area contributed by atoms with Crippen LogP contribution in [0.5, 0.6) is 0 Å². The molecular formula is C11H12N2O2. The van der Waals surface area contributed by atoms with Crippen molar-refractivity contribution in [2.45, 2.75) is 20.8 Å². The van der Waals surface area contributed by atoms with Crippen molar-refractivity contribution < 1.29 is 9.21 Å². The van der Waals surface area contributed by atoms with Gasteiger partial charge in [0, 0.05) is 12.6 Å². The summed E-state index contributed by atoms with van der Waals surface area (Å²) in [6.07, 6.45) is 0. The van der Waals surface area contributed by atoms with E-state index in [2.05, 4.69) is 4.98 Å². The molecule has 0 fully saturated rings. The summed E-state index contributed by atoms with van der Waals surface area (Å²) in [6, 6.07) is 1.91. The van der Waals surface area contributed by atoms with Gasteiger partial charge in [-0.2, -0.15) is 0 Å². The number of anilines is 1. The highest BCUT2D eigenvalue weighted by molar-refractivity contribution is 6.05. The van der Waals surface area contributed by atoms with Crippen LogP contribution in [0.25, 0.3) is 11.1 Å². The number of nitrogens with two attached hydrogens (primary N) is 1. The van der Waals surface area contributed by atoms with Crippen molar-refractivity contribution in [1.82, 2.24) is 4.98 Å². The topological polar surface area (TPSA) is 69.1 Å². The van der Waals surface area contributed by atoms with E-state index in [1.807, 2.05) is 19.9 Å². The Balaban J connectivity index is 2.88. The molecule has 78 valence electrons. The normalized spacial score (nSPS) is 10.9. The minimum atomic E-state index is -0.178. The number of aryl methyl sites for hydroxylation is 2. The van der Waals surface area contributed by atoms with E-state index in [4.69, 9.17) is 10.2 Å². The van der Waals surface area contributed by atoms with Gasteiger partial charge in [0.15, 0.2) is 11.5 Å². The number of pyridine rings is 1. The number of aromatic nitrogens is 1. The summed E-state index contributed by atoms with van der Waals surface area (Å²) in [5.41, 5.74) is 8.50. The highest BCUT2D eigenvalue weighted by Crippen LogP contribution is 2.30. The second-order valence-electron chi connectivity index (χ2n) is 3.66. The van der Waals surface area contributed by atoms with Crippen LogP contribution in [0.3, 0.4) is 0 Å². The molecule has 0 bridgehead atoms. The predicted molar refractivity (Wildman–Crippen MR) is 57.9 cm³/mol. The zero-order chi connectivity index (χ0) is 11.2. The molecule has 0 radical (unpaired) electrons. The first kappa shape index (κ1) is 9.71. The molecule has 2 aromatic heterocycles. The van der Waals surface area contributed by atoms with Crippen LogP contribution >= 0.6 is 0 Å². The maximum Gasteiger partial charge on any atom is 0.229 e. The van der Waals surface area contributed by atoms with E-state index < -0.39 is 0 Å². The van der Waals surface area contributed by atoms with E-state index in [9.17, 15) is 4.79 Å². The number of fused-ring (bicyclic) bond motifs is 1. The van der Waals surface area contributed by atoms with Crippen LogP contribution in [0.15, 0.2) is 10.5 Å². The van der Waals surface area contributed by atoms with E-state index in [1.54, 1.807) is 0 Å². The summed E-state index contributed by atoms with van der Waals surface area (Å²) in [5.74, 6) is 0.0220. The van der Waals surface area contributed by atoms with E-state index in [-0.39, 0.29) is 11.5 Å². The largest absolute Gasteiger partial charge is 0.432 e. The van der Waals surface area contributed by atoms with E-state index >= 15 is 0 Å². The highest BCUT2D eigenvalue weighted by Gasteiger charge is 2.17. The Hall–Kier alpha value is -1.84. The summed E-state index contributed by atoms with van der Waals surface area (Å²) < 4.78 is 5.34. The van der Waals surface area contributed by atoms with Gasteiger partial charge in [-0.05, 0) is 25.5 Å². The molecule has 2 aromatic rings. The number of carbonyl (C=O) groups is 1. The lowest BCUT2D eigenvalue weighted by Gasteiger charge is -1.97. The van der Waals surface area contributed by atoms with Gasteiger partial charge < -0.3 is 10.2 Å². The van der Waals surface area contributed by atoms with Gasteiger partial charge in [0.05, 0.1) is 11.1 Å². The molecule has 2 heterocycles. The number of Topliss-reactive ketones (excluding diaryl/α,β-unsaturated/α-hetero) is 1. The molecule has 0 spiro atoms. The van der Waals surface area contributed by atoms with Gasteiger partial charge >= 0.3 is 0 Å². The number of hydrogen-bond donors (Lipinski definition) is 1. The molecule has 2 rings (SSSR count). The Morgan fingerprint density at radius 2 is 2.13 bits per heavy atom. The van der Waals surface area contributed by atoms with Crippen LogP contribution in [0.2, 0.25) is 0 Å². The van der Waals surface area contributed by atoms with Crippen molar-refractivity contribution in [2.24, 2.45) is 0 Å². The summed E-state index contributed by atoms with van der Waals surface area (Å²) in [7, 11) is 0. The van der Waals surface area contributed by atoms with Crippen molar-refractivity contribution in [3.63, 3.8) is 0 Å². The number of hydrogen-bond acceptors (Lipinski definition) is 4. The van der Waals surface area contributed by atoms with Crippen molar-refractivity contribution in [2.75, 3.05) is 5.73 Å². The van der Waals surface area contributed by atoms with Crippen LogP contribution < -0.4 is 5.73 Å². The molecule has 4 heteroatoms. The molecule has 2 N–H and O–H groups in total. The number of rotatable bonds is 1. The Labute approximate surface area is 87.1 Å². The van der Waals surface area contributed by atoms with E-state index in [0.717, 1.165) is 16.6 Å². The molecular weight excluding hydrogens is 192 g/mol. The molecule has 0 aliphatic rings.